The van der Waals surface area contributed by atoms with E-state index in [4.69, 9.17) is 9.47 Å². The quantitative estimate of drug-likeness (QED) is 0.195. The average molecular weight is 523 g/mol. The minimum atomic E-state index is -3.28. The van der Waals surface area contributed by atoms with Crippen molar-refractivity contribution in [3.05, 3.63) is 48.5 Å². The maximum absolute atomic E-state index is 12.7. The van der Waals surface area contributed by atoms with Gasteiger partial charge in [0, 0.05) is 17.7 Å². The van der Waals surface area contributed by atoms with Crippen LogP contribution in [0.1, 0.15) is 39.0 Å². The molecule has 0 spiro atoms. The van der Waals surface area contributed by atoms with E-state index in [9.17, 15) is 23.2 Å². The Morgan fingerprint density at radius 1 is 1.06 bits per heavy atom. The molecule has 1 fully saturated rings. The predicted molar refractivity (Wildman–Crippen MR) is 131 cm³/mol. The Labute approximate surface area is 209 Å². The van der Waals surface area contributed by atoms with E-state index in [1.165, 1.54) is 24.1 Å². The molecule has 1 amide bonds. The first-order chi connectivity index (χ1) is 16.7. The molecule has 1 saturated carbocycles. The molecule has 0 saturated heterocycles. The summed E-state index contributed by atoms with van der Waals surface area (Å²) < 4.78 is 35.9. The van der Waals surface area contributed by atoms with Crippen molar-refractivity contribution in [1.29, 1.82) is 0 Å². The van der Waals surface area contributed by atoms with Gasteiger partial charge >= 0.3 is 5.97 Å². The van der Waals surface area contributed by atoms with E-state index >= 15 is 0 Å². The van der Waals surface area contributed by atoms with Crippen LogP contribution in [0.2, 0.25) is 0 Å². The monoisotopic (exact) mass is 522 g/mol. The Morgan fingerprint density at radius 2 is 1.63 bits per heavy atom. The maximum Gasteiger partial charge on any atom is 0.307 e. The zero-order valence-electron chi connectivity index (χ0n) is 19.7. The Bertz CT molecular complexity index is 1110. The highest BCUT2D eigenvalue weighted by Crippen LogP contribution is 2.42. The number of esters is 1. The molecule has 9 nitrogen and oxygen atoms in total. The molecule has 0 atom stereocenters. The first-order valence-corrected chi connectivity index (χ1v) is 14.0. The molecule has 3 rings (SSSR count). The molecule has 0 aromatic heterocycles. The summed E-state index contributed by atoms with van der Waals surface area (Å²) in [6.45, 7) is 2.31. The molecule has 35 heavy (non-hydrogen) atoms. The Kier molecular flexibility index (Phi) is 9.17. The second-order valence-electron chi connectivity index (χ2n) is 8.25. The highest BCUT2D eigenvalue weighted by Gasteiger charge is 2.47. The summed E-state index contributed by atoms with van der Waals surface area (Å²) in [5.74, 6) is 0.228. The van der Waals surface area contributed by atoms with E-state index < -0.39 is 21.3 Å². The summed E-state index contributed by atoms with van der Waals surface area (Å²) in [4.78, 5) is 25.7. The van der Waals surface area contributed by atoms with Crippen LogP contribution in [0.15, 0.2) is 58.3 Å². The average Bonchev–Trinajstić information content (AvgIpc) is 3.33. The lowest BCUT2D eigenvalue weighted by Crippen LogP contribution is -2.54. The molecule has 0 heterocycles. The Balaban J connectivity index is 1.74. The number of ether oxygens (including phenoxy) is 2. The third-order valence-corrected chi connectivity index (χ3v) is 8.15. The lowest BCUT2D eigenvalue weighted by molar-refractivity contribution is -0.145. The van der Waals surface area contributed by atoms with Gasteiger partial charge in [-0.25, -0.2) is 18.2 Å². The normalized spacial score (nSPS) is 15.1. The molecule has 2 aromatic carbocycles. The Hall–Kier alpha value is -2.60. The number of hydroxylamine groups is 1. The Morgan fingerprint density at radius 3 is 2.14 bits per heavy atom. The van der Waals surface area contributed by atoms with Gasteiger partial charge in [0.05, 0.1) is 17.9 Å². The lowest BCUT2D eigenvalue weighted by Gasteiger charge is -2.38. The van der Waals surface area contributed by atoms with Crippen molar-refractivity contribution >= 4 is 33.7 Å². The zero-order chi connectivity index (χ0) is 25.5. The largest absolute Gasteiger partial charge is 0.466 e. The van der Waals surface area contributed by atoms with Crippen molar-refractivity contribution in [2.75, 3.05) is 19.4 Å². The van der Waals surface area contributed by atoms with E-state index in [2.05, 4.69) is 0 Å². The van der Waals surface area contributed by atoms with Crippen LogP contribution < -0.4 is 10.2 Å². The zero-order valence-corrected chi connectivity index (χ0v) is 21.4. The van der Waals surface area contributed by atoms with Gasteiger partial charge in [0.25, 0.3) is 5.91 Å². The molecular formula is C24H30N2O7S2. The summed E-state index contributed by atoms with van der Waals surface area (Å²) >= 11 is 1.34. The van der Waals surface area contributed by atoms with Crippen LogP contribution in [-0.4, -0.2) is 54.8 Å². The smallest absolute Gasteiger partial charge is 0.307 e. The SMILES string of the molecule is CCOC(=O)CCN(Sc1ccc(Oc2ccc(S(C)(=O)=O)cc2)cc1)C1(C(=O)NO)CCCC1. The number of hydrogen-bond acceptors (Lipinski definition) is 9. The summed E-state index contributed by atoms with van der Waals surface area (Å²) in [6, 6.07) is 13.4. The van der Waals surface area contributed by atoms with Gasteiger partial charge in [-0.1, -0.05) is 12.8 Å². The van der Waals surface area contributed by atoms with Crippen molar-refractivity contribution in [2.24, 2.45) is 0 Å². The highest BCUT2D eigenvalue weighted by atomic mass is 32.2. The molecule has 1 aliphatic carbocycles. The van der Waals surface area contributed by atoms with Gasteiger partial charge in [-0.05, 0) is 80.2 Å². The number of benzene rings is 2. The second kappa shape index (κ2) is 11.9. The fraction of sp³-hybridized carbons (Fsp3) is 0.417. The second-order valence-corrected chi connectivity index (χ2v) is 11.4. The number of carbonyl (C=O) groups excluding carboxylic acids is 2. The van der Waals surface area contributed by atoms with Crippen LogP contribution in [0.4, 0.5) is 0 Å². The van der Waals surface area contributed by atoms with Crippen molar-refractivity contribution in [1.82, 2.24) is 9.79 Å². The van der Waals surface area contributed by atoms with Crippen molar-refractivity contribution in [3.63, 3.8) is 0 Å². The van der Waals surface area contributed by atoms with Gasteiger partial charge in [-0.2, -0.15) is 0 Å². The van der Waals surface area contributed by atoms with Gasteiger partial charge in [0.2, 0.25) is 0 Å². The van der Waals surface area contributed by atoms with E-state index in [0.29, 0.717) is 24.3 Å². The topological polar surface area (TPSA) is 122 Å². The number of nitrogens with zero attached hydrogens (tertiary/aromatic N) is 1. The van der Waals surface area contributed by atoms with Gasteiger partial charge in [0.15, 0.2) is 9.84 Å². The minimum absolute atomic E-state index is 0.117. The summed E-state index contributed by atoms with van der Waals surface area (Å²) in [7, 11) is -3.28. The van der Waals surface area contributed by atoms with Gasteiger partial charge in [-0.3, -0.25) is 14.8 Å². The summed E-state index contributed by atoms with van der Waals surface area (Å²) in [6.07, 6.45) is 4.09. The molecular weight excluding hydrogens is 492 g/mol. The molecule has 0 bridgehead atoms. The molecule has 1 aliphatic rings. The van der Waals surface area contributed by atoms with Gasteiger partial charge in [-0.15, -0.1) is 0 Å². The molecule has 0 radical (unpaired) electrons. The van der Waals surface area contributed by atoms with E-state index in [1.54, 1.807) is 31.2 Å². The van der Waals surface area contributed by atoms with Gasteiger partial charge in [0.1, 0.15) is 17.0 Å². The van der Waals surface area contributed by atoms with Crippen LogP contribution in [-0.2, 0) is 24.2 Å². The number of rotatable bonds is 11. The van der Waals surface area contributed by atoms with Crippen LogP contribution in [0.25, 0.3) is 0 Å². The minimum Gasteiger partial charge on any atom is -0.466 e. The summed E-state index contributed by atoms with van der Waals surface area (Å²) in [5, 5.41) is 9.40. The van der Waals surface area contributed by atoms with E-state index in [0.717, 1.165) is 24.0 Å². The third-order valence-electron chi connectivity index (χ3n) is 5.78. The first kappa shape index (κ1) is 27.0. The van der Waals surface area contributed by atoms with E-state index in [1.807, 2.05) is 21.9 Å². The molecule has 190 valence electrons. The molecule has 11 heteroatoms. The van der Waals surface area contributed by atoms with Crippen molar-refractivity contribution in [2.45, 2.75) is 54.4 Å². The number of sulfone groups is 1. The predicted octanol–water partition coefficient (Wildman–Crippen LogP) is 3.96. The molecule has 0 unspecified atom stereocenters. The van der Waals surface area contributed by atoms with Crippen LogP contribution in [0.3, 0.4) is 0 Å². The number of nitrogens with one attached hydrogen (secondary N) is 1. The number of carbonyl (C=O) groups is 2. The maximum atomic E-state index is 12.7. The van der Waals surface area contributed by atoms with Crippen LogP contribution in [0, 0.1) is 0 Å². The van der Waals surface area contributed by atoms with Gasteiger partial charge < -0.3 is 9.47 Å². The van der Waals surface area contributed by atoms with Crippen molar-refractivity contribution in [3.8, 4) is 11.5 Å². The van der Waals surface area contributed by atoms with E-state index in [-0.39, 0.29) is 30.4 Å². The van der Waals surface area contributed by atoms with Crippen molar-refractivity contribution < 1.29 is 32.7 Å². The summed E-state index contributed by atoms with van der Waals surface area (Å²) in [5.41, 5.74) is 0.881. The van der Waals surface area contributed by atoms with Crippen LogP contribution >= 0.6 is 11.9 Å². The molecule has 2 N–H and O–H groups in total. The van der Waals surface area contributed by atoms with Crippen LogP contribution in [0.5, 0.6) is 11.5 Å². The molecule has 0 aliphatic heterocycles. The molecule has 2 aromatic rings. The number of hydrogen-bond donors (Lipinski definition) is 2. The lowest BCUT2D eigenvalue weighted by atomic mass is 9.96. The third kappa shape index (κ3) is 6.97. The fourth-order valence-corrected chi connectivity index (χ4v) is 5.78. The fourth-order valence-electron chi connectivity index (χ4n) is 4.01. The first-order valence-electron chi connectivity index (χ1n) is 11.3. The highest BCUT2D eigenvalue weighted by molar-refractivity contribution is 7.97. The standard InChI is InChI=1S/C24H30N2O7S2/c1-3-32-22(27)14-17-26(24(23(28)25-29)15-4-5-16-24)34-20-10-6-18(7-11-20)33-19-8-12-21(13-9-19)35(2,30)31/h6-13,29H,3-5,14-17H2,1-2H3,(H,25,28). The number of amides is 1.